The summed E-state index contributed by atoms with van der Waals surface area (Å²) in [6.45, 7) is 2.09. The Morgan fingerprint density at radius 3 is 3.00 bits per heavy atom. The Hall–Kier alpha value is -0.680. The number of thioether (sulfide) groups is 1. The van der Waals surface area contributed by atoms with Crippen LogP contribution in [0.2, 0.25) is 5.15 Å². The zero-order valence-corrected chi connectivity index (χ0v) is 10.4. The van der Waals surface area contributed by atoms with Gasteiger partial charge in [-0.25, -0.2) is 9.97 Å². The highest BCUT2D eigenvalue weighted by Crippen LogP contribution is 2.22. The van der Waals surface area contributed by atoms with Crippen LogP contribution in [0, 0.1) is 0 Å². The molecule has 0 aliphatic carbocycles. The lowest BCUT2D eigenvalue weighted by Crippen LogP contribution is -2.18. The van der Waals surface area contributed by atoms with Gasteiger partial charge in [-0.3, -0.25) is 0 Å². The van der Waals surface area contributed by atoms with Gasteiger partial charge in [-0.15, -0.1) is 0 Å². The fraction of sp³-hybridized carbons (Fsp3) is 0.556. The molecule has 6 heteroatoms. The van der Waals surface area contributed by atoms with E-state index in [1.165, 1.54) is 6.33 Å². The van der Waals surface area contributed by atoms with Crippen LogP contribution in [0.5, 0.6) is 0 Å². The summed E-state index contributed by atoms with van der Waals surface area (Å²) in [5, 5.41) is 3.51. The van der Waals surface area contributed by atoms with Gasteiger partial charge in [0.05, 0.1) is 0 Å². The lowest BCUT2D eigenvalue weighted by Gasteiger charge is -2.15. The molecule has 3 N–H and O–H groups in total. The van der Waals surface area contributed by atoms with Crippen molar-refractivity contribution in [3.05, 3.63) is 11.5 Å². The number of halogens is 1. The maximum Gasteiger partial charge on any atom is 0.157 e. The number of hydrogen-bond acceptors (Lipinski definition) is 5. The average Bonchev–Trinajstić information content (AvgIpc) is 2.22. The summed E-state index contributed by atoms with van der Waals surface area (Å²) in [6, 6.07) is 0.325. The van der Waals surface area contributed by atoms with Gasteiger partial charge < -0.3 is 11.1 Å². The molecule has 0 spiro atoms. The van der Waals surface area contributed by atoms with Crippen LogP contribution in [0.1, 0.15) is 13.3 Å². The summed E-state index contributed by atoms with van der Waals surface area (Å²) < 4.78 is 0. The van der Waals surface area contributed by atoms with Crippen molar-refractivity contribution in [2.75, 3.05) is 23.1 Å². The van der Waals surface area contributed by atoms with Crippen LogP contribution in [-0.2, 0) is 0 Å². The molecular weight excluding hydrogens is 232 g/mol. The summed E-state index contributed by atoms with van der Waals surface area (Å²) in [6.07, 6.45) is 4.55. The number of nitrogens with zero attached hydrogens (tertiary/aromatic N) is 2. The molecule has 1 rings (SSSR count). The summed E-state index contributed by atoms with van der Waals surface area (Å²) in [5.41, 5.74) is 6.15. The van der Waals surface area contributed by atoms with E-state index in [1.54, 1.807) is 0 Å². The van der Waals surface area contributed by atoms with Gasteiger partial charge in [0.15, 0.2) is 11.0 Å². The molecule has 84 valence electrons. The normalized spacial score (nSPS) is 12.5. The number of nitrogen functional groups attached to an aromatic ring is 1. The first-order chi connectivity index (χ1) is 7.15. The maximum atomic E-state index is 5.78. The first-order valence-corrected chi connectivity index (χ1v) is 6.43. The molecule has 1 heterocycles. The molecular formula is C9H15ClN4S. The zero-order chi connectivity index (χ0) is 11.3. The number of hydrogen-bond donors (Lipinski definition) is 2. The fourth-order valence-electron chi connectivity index (χ4n) is 1.09. The Morgan fingerprint density at radius 1 is 1.60 bits per heavy atom. The van der Waals surface area contributed by atoms with Gasteiger partial charge in [-0.1, -0.05) is 11.6 Å². The molecule has 1 atom stereocenters. The second-order valence-corrected chi connectivity index (χ2v) is 4.60. The largest absolute Gasteiger partial charge is 0.393 e. The topological polar surface area (TPSA) is 63.8 Å². The fourth-order valence-corrected chi connectivity index (χ4v) is 1.81. The van der Waals surface area contributed by atoms with E-state index in [2.05, 4.69) is 28.5 Å². The predicted octanol–water partition coefficient (Wildman–Crippen LogP) is 2.27. The average molecular weight is 247 g/mol. The molecule has 4 nitrogen and oxygen atoms in total. The zero-order valence-electron chi connectivity index (χ0n) is 8.83. The van der Waals surface area contributed by atoms with Gasteiger partial charge >= 0.3 is 0 Å². The quantitative estimate of drug-likeness (QED) is 0.781. The standard InChI is InChI=1S/C9H15ClN4S/c1-6(3-4-15-2)14-9-7(11)8(10)12-5-13-9/h5-6H,3-4,11H2,1-2H3,(H,12,13,14). The highest BCUT2D eigenvalue weighted by atomic mass is 35.5. The van der Waals surface area contributed by atoms with Crippen molar-refractivity contribution in [3.63, 3.8) is 0 Å². The van der Waals surface area contributed by atoms with Crippen LogP contribution in [0.3, 0.4) is 0 Å². The minimum absolute atomic E-state index is 0.296. The van der Waals surface area contributed by atoms with Crippen molar-refractivity contribution in [1.29, 1.82) is 0 Å². The first kappa shape index (κ1) is 12.4. The summed E-state index contributed by atoms with van der Waals surface area (Å²) in [5.74, 6) is 1.72. The molecule has 1 aromatic heterocycles. The third kappa shape index (κ3) is 3.76. The molecule has 0 aromatic carbocycles. The van der Waals surface area contributed by atoms with Crippen LogP contribution < -0.4 is 11.1 Å². The van der Waals surface area contributed by atoms with E-state index in [-0.39, 0.29) is 0 Å². The van der Waals surface area contributed by atoms with Gasteiger partial charge in [0, 0.05) is 6.04 Å². The van der Waals surface area contributed by atoms with Crippen LogP contribution in [-0.4, -0.2) is 28.0 Å². The molecule has 0 amide bonds. The van der Waals surface area contributed by atoms with E-state index >= 15 is 0 Å². The molecule has 1 unspecified atom stereocenters. The second kappa shape index (κ2) is 6.02. The van der Waals surface area contributed by atoms with Crippen molar-refractivity contribution >= 4 is 34.9 Å². The Balaban J connectivity index is 2.60. The summed E-state index contributed by atoms with van der Waals surface area (Å²) in [7, 11) is 0. The third-order valence-electron chi connectivity index (χ3n) is 1.97. The van der Waals surface area contributed by atoms with Crippen molar-refractivity contribution < 1.29 is 0 Å². The SMILES string of the molecule is CSCCC(C)Nc1ncnc(Cl)c1N. The van der Waals surface area contributed by atoms with E-state index in [1.807, 2.05) is 11.8 Å². The van der Waals surface area contributed by atoms with Crippen LogP contribution in [0.25, 0.3) is 0 Å². The monoisotopic (exact) mass is 246 g/mol. The third-order valence-corrected chi connectivity index (χ3v) is 2.92. The number of nitrogens with two attached hydrogens (primary N) is 1. The summed E-state index contributed by atoms with van der Waals surface area (Å²) in [4.78, 5) is 7.84. The maximum absolute atomic E-state index is 5.78. The summed E-state index contributed by atoms with van der Waals surface area (Å²) >= 11 is 7.60. The Labute approximate surface area is 99.0 Å². The van der Waals surface area contributed by atoms with Gasteiger partial charge in [0.2, 0.25) is 0 Å². The van der Waals surface area contributed by atoms with Gasteiger partial charge in [-0.2, -0.15) is 11.8 Å². The second-order valence-electron chi connectivity index (χ2n) is 3.25. The van der Waals surface area contributed by atoms with E-state index < -0.39 is 0 Å². The highest BCUT2D eigenvalue weighted by Gasteiger charge is 2.08. The van der Waals surface area contributed by atoms with Gasteiger partial charge in [-0.05, 0) is 25.4 Å². The molecule has 0 aliphatic heterocycles. The molecule has 0 saturated heterocycles. The highest BCUT2D eigenvalue weighted by molar-refractivity contribution is 7.98. The van der Waals surface area contributed by atoms with E-state index in [4.69, 9.17) is 17.3 Å². The number of anilines is 2. The number of rotatable bonds is 5. The van der Waals surface area contributed by atoms with Crippen molar-refractivity contribution in [1.82, 2.24) is 9.97 Å². The van der Waals surface area contributed by atoms with Gasteiger partial charge in [0.1, 0.15) is 12.0 Å². The van der Waals surface area contributed by atoms with Crippen LogP contribution >= 0.6 is 23.4 Å². The Kier molecular flexibility index (Phi) is 4.98. The molecule has 1 aromatic rings. The number of nitrogens with one attached hydrogen (secondary N) is 1. The van der Waals surface area contributed by atoms with E-state index in [9.17, 15) is 0 Å². The van der Waals surface area contributed by atoms with Crippen LogP contribution in [0.15, 0.2) is 6.33 Å². The smallest absolute Gasteiger partial charge is 0.157 e. The minimum atomic E-state index is 0.296. The molecule has 0 saturated carbocycles. The van der Waals surface area contributed by atoms with E-state index in [0.717, 1.165) is 12.2 Å². The lowest BCUT2D eigenvalue weighted by atomic mass is 10.2. The lowest BCUT2D eigenvalue weighted by molar-refractivity contribution is 0.766. The van der Waals surface area contributed by atoms with Crippen LogP contribution in [0.4, 0.5) is 11.5 Å². The molecule has 0 bridgehead atoms. The van der Waals surface area contributed by atoms with Crippen molar-refractivity contribution in [2.45, 2.75) is 19.4 Å². The molecule has 0 radical (unpaired) electrons. The first-order valence-electron chi connectivity index (χ1n) is 4.66. The molecule has 0 aliphatic rings. The Morgan fingerprint density at radius 2 is 2.33 bits per heavy atom. The van der Waals surface area contributed by atoms with Crippen molar-refractivity contribution in [3.8, 4) is 0 Å². The minimum Gasteiger partial charge on any atom is -0.393 e. The molecule has 0 fully saturated rings. The van der Waals surface area contributed by atoms with Crippen molar-refractivity contribution in [2.24, 2.45) is 0 Å². The predicted molar refractivity (Wildman–Crippen MR) is 67.5 cm³/mol. The van der Waals surface area contributed by atoms with Gasteiger partial charge in [0.25, 0.3) is 0 Å². The van der Waals surface area contributed by atoms with E-state index in [0.29, 0.717) is 22.7 Å². The Bertz CT molecular complexity index is 321. The molecule has 15 heavy (non-hydrogen) atoms. The number of aromatic nitrogens is 2.